The first-order valence-electron chi connectivity index (χ1n) is 5.25. The second kappa shape index (κ2) is 5.73. The number of benzene rings is 1. The van der Waals surface area contributed by atoms with Crippen LogP contribution < -0.4 is 0 Å². The normalized spacial score (nSPS) is 14.9. The van der Waals surface area contributed by atoms with Crippen LogP contribution in [0.25, 0.3) is 0 Å². The first-order chi connectivity index (χ1) is 7.17. The number of hydrogen-bond donors (Lipinski definition) is 3. The topological polar surface area (TPSA) is 60.7 Å². The number of rotatable bonds is 5. The maximum Gasteiger partial charge on any atom is 0.115 e. The molecule has 84 valence electrons. The molecule has 3 nitrogen and oxygen atoms in total. The molecular weight excluding hydrogens is 192 g/mol. The number of phenols is 1. The molecule has 1 aromatic rings. The zero-order valence-electron chi connectivity index (χ0n) is 8.93. The lowest BCUT2D eigenvalue weighted by molar-refractivity contribution is 0.0817. The molecule has 0 aliphatic carbocycles. The summed E-state index contributed by atoms with van der Waals surface area (Å²) in [6, 6.07) is 6.99. The van der Waals surface area contributed by atoms with Gasteiger partial charge in [-0.15, -0.1) is 0 Å². The highest BCUT2D eigenvalue weighted by Gasteiger charge is 2.14. The van der Waals surface area contributed by atoms with E-state index in [-0.39, 0.29) is 18.3 Å². The van der Waals surface area contributed by atoms with E-state index in [2.05, 4.69) is 0 Å². The third-order valence-electron chi connectivity index (χ3n) is 2.62. The molecule has 0 amide bonds. The van der Waals surface area contributed by atoms with Crippen molar-refractivity contribution in [2.45, 2.75) is 31.8 Å². The number of aromatic hydroxyl groups is 1. The Kier molecular flexibility index (Phi) is 4.59. The van der Waals surface area contributed by atoms with E-state index >= 15 is 0 Å². The number of aliphatic hydroxyl groups excluding tert-OH is 2. The van der Waals surface area contributed by atoms with Gasteiger partial charge in [0, 0.05) is 0 Å². The van der Waals surface area contributed by atoms with Crippen molar-refractivity contribution in [2.75, 3.05) is 6.61 Å². The van der Waals surface area contributed by atoms with Gasteiger partial charge < -0.3 is 15.3 Å². The van der Waals surface area contributed by atoms with E-state index < -0.39 is 6.10 Å². The average Bonchev–Trinajstić information content (AvgIpc) is 2.27. The molecule has 0 aliphatic rings. The van der Waals surface area contributed by atoms with Crippen LogP contribution >= 0.6 is 0 Å². The van der Waals surface area contributed by atoms with E-state index in [4.69, 9.17) is 10.2 Å². The fraction of sp³-hybridized carbons (Fsp3) is 0.500. The minimum absolute atomic E-state index is 0.200. The molecule has 0 saturated heterocycles. The van der Waals surface area contributed by atoms with Crippen molar-refractivity contribution in [3.8, 4) is 5.75 Å². The Balaban J connectivity index is 2.69. The molecule has 3 N–H and O–H groups in total. The molecule has 3 heteroatoms. The van der Waals surface area contributed by atoms with E-state index in [1.165, 1.54) is 0 Å². The number of phenolic OH excluding ortho intramolecular Hbond substituents is 1. The van der Waals surface area contributed by atoms with E-state index in [1.54, 1.807) is 12.1 Å². The molecule has 0 radical (unpaired) electrons. The molecule has 0 spiro atoms. The Morgan fingerprint density at radius 3 is 2.27 bits per heavy atom. The second-order valence-corrected chi connectivity index (χ2v) is 3.77. The van der Waals surface area contributed by atoms with Crippen molar-refractivity contribution < 1.29 is 15.3 Å². The summed E-state index contributed by atoms with van der Waals surface area (Å²) in [5, 5.41) is 27.3. The third kappa shape index (κ3) is 3.53. The zero-order chi connectivity index (χ0) is 11.3. The fourth-order valence-corrected chi connectivity index (χ4v) is 1.69. The Bertz CT molecular complexity index is 281. The summed E-state index contributed by atoms with van der Waals surface area (Å²) >= 11 is 0. The smallest absolute Gasteiger partial charge is 0.115 e. The van der Waals surface area contributed by atoms with E-state index in [1.807, 2.05) is 19.1 Å². The minimum atomic E-state index is -0.663. The van der Waals surface area contributed by atoms with Gasteiger partial charge in [-0.25, -0.2) is 0 Å². The summed E-state index contributed by atoms with van der Waals surface area (Å²) in [6.07, 6.45) is 0.795. The van der Waals surface area contributed by atoms with Gasteiger partial charge in [0.25, 0.3) is 0 Å². The number of aliphatic hydroxyl groups is 2. The summed E-state index contributed by atoms with van der Waals surface area (Å²) < 4.78 is 0. The molecule has 0 aromatic heterocycles. The molecule has 0 saturated carbocycles. The molecule has 0 fully saturated rings. The first-order valence-corrected chi connectivity index (χ1v) is 5.25. The third-order valence-corrected chi connectivity index (χ3v) is 2.62. The Morgan fingerprint density at radius 2 is 1.80 bits per heavy atom. The van der Waals surface area contributed by atoms with Crippen LogP contribution in [0, 0.1) is 0 Å². The Morgan fingerprint density at radius 1 is 1.20 bits per heavy atom. The molecule has 2 atom stereocenters. The van der Waals surface area contributed by atoms with Crippen LogP contribution in [0.1, 0.15) is 31.2 Å². The molecule has 15 heavy (non-hydrogen) atoms. The average molecular weight is 210 g/mol. The SMILES string of the molecule is CCC(CC(O)CO)c1ccc(O)cc1. The monoisotopic (exact) mass is 210 g/mol. The second-order valence-electron chi connectivity index (χ2n) is 3.77. The predicted octanol–water partition coefficient (Wildman–Crippen LogP) is 1.63. The summed E-state index contributed by atoms with van der Waals surface area (Å²) in [4.78, 5) is 0. The van der Waals surface area contributed by atoms with Gasteiger partial charge in [-0.3, -0.25) is 0 Å². The van der Waals surface area contributed by atoms with Gasteiger partial charge in [0.05, 0.1) is 12.7 Å². The van der Waals surface area contributed by atoms with Gasteiger partial charge in [-0.2, -0.15) is 0 Å². The largest absolute Gasteiger partial charge is 0.508 e. The van der Waals surface area contributed by atoms with Crippen molar-refractivity contribution in [3.05, 3.63) is 29.8 Å². The van der Waals surface area contributed by atoms with Crippen molar-refractivity contribution in [3.63, 3.8) is 0 Å². The van der Waals surface area contributed by atoms with Crippen LogP contribution in [0.4, 0.5) is 0 Å². The molecule has 1 aromatic carbocycles. The highest BCUT2D eigenvalue weighted by molar-refractivity contribution is 5.28. The van der Waals surface area contributed by atoms with Gasteiger partial charge >= 0.3 is 0 Å². The minimum Gasteiger partial charge on any atom is -0.508 e. The van der Waals surface area contributed by atoms with Crippen LogP contribution in [-0.4, -0.2) is 28.0 Å². The molecule has 1 rings (SSSR count). The van der Waals surface area contributed by atoms with Gasteiger partial charge in [-0.1, -0.05) is 19.1 Å². The van der Waals surface area contributed by atoms with E-state index in [0.29, 0.717) is 6.42 Å². The van der Waals surface area contributed by atoms with Gasteiger partial charge in [0.1, 0.15) is 5.75 Å². The molecule has 2 unspecified atom stereocenters. The Hall–Kier alpha value is -1.06. The van der Waals surface area contributed by atoms with Crippen molar-refractivity contribution in [1.82, 2.24) is 0 Å². The van der Waals surface area contributed by atoms with E-state index in [9.17, 15) is 5.11 Å². The summed E-state index contributed by atoms with van der Waals surface area (Å²) in [7, 11) is 0. The standard InChI is InChI=1S/C12H18O3/c1-2-9(7-12(15)8-13)10-3-5-11(14)6-4-10/h3-6,9,12-15H,2,7-8H2,1H3. The van der Waals surface area contributed by atoms with E-state index in [0.717, 1.165) is 12.0 Å². The summed E-state index contributed by atoms with van der Waals surface area (Å²) in [5.41, 5.74) is 1.09. The zero-order valence-corrected chi connectivity index (χ0v) is 8.93. The van der Waals surface area contributed by atoms with Crippen molar-refractivity contribution in [2.24, 2.45) is 0 Å². The lowest BCUT2D eigenvalue weighted by Crippen LogP contribution is -2.16. The lowest BCUT2D eigenvalue weighted by Gasteiger charge is -2.18. The van der Waals surface area contributed by atoms with Crippen LogP contribution in [0.2, 0.25) is 0 Å². The molecule has 0 bridgehead atoms. The van der Waals surface area contributed by atoms with Crippen LogP contribution in [-0.2, 0) is 0 Å². The number of hydrogen-bond acceptors (Lipinski definition) is 3. The molecule has 0 aliphatic heterocycles. The van der Waals surface area contributed by atoms with Crippen LogP contribution in [0.5, 0.6) is 5.75 Å². The van der Waals surface area contributed by atoms with Crippen molar-refractivity contribution >= 4 is 0 Å². The van der Waals surface area contributed by atoms with Gasteiger partial charge in [0.2, 0.25) is 0 Å². The molecular formula is C12H18O3. The van der Waals surface area contributed by atoms with Crippen LogP contribution in [0.3, 0.4) is 0 Å². The molecule has 0 heterocycles. The maximum absolute atomic E-state index is 9.38. The quantitative estimate of drug-likeness (QED) is 0.692. The van der Waals surface area contributed by atoms with Crippen LogP contribution in [0.15, 0.2) is 24.3 Å². The first kappa shape index (κ1) is 12.0. The highest BCUT2D eigenvalue weighted by Crippen LogP contribution is 2.26. The van der Waals surface area contributed by atoms with Gasteiger partial charge in [-0.05, 0) is 36.5 Å². The van der Waals surface area contributed by atoms with Crippen molar-refractivity contribution in [1.29, 1.82) is 0 Å². The highest BCUT2D eigenvalue weighted by atomic mass is 16.3. The maximum atomic E-state index is 9.38. The summed E-state index contributed by atoms with van der Waals surface area (Å²) in [5.74, 6) is 0.476. The fourth-order valence-electron chi connectivity index (χ4n) is 1.69. The Labute approximate surface area is 90.0 Å². The van der Waals surface area contributed by atoms with Gasteiger partial charge in [0.15, 0.2) is 0 Å². The summed E-state index contributed by atoms with van der Waals surface area (Å²) in [6.45, 7) is 1.84. The predicted molar refractivity (Wildman–Crippen MR) is 58.8 cm³/mol. The lowest BCUT2D eigenvalue weighted by atomic mass is 9.91.